The highest BCUT2D eigenvalue weighted by Crippen LogP contribution is 2.23. The van der Waals surface area contributed by atoms with Crippen LogP contribution in [0.15, 0.2) is 29.1 Å². The molecule has 5 nitrogen and oxygen atoms in total. The summed E-state index contributed by atoms with van der Waals surface area (Å²) in [5.41, 5.74) is 0.558. The van der Waals surface area contributed by atoms with Gasteiger partial charge in [-0.2, -0.15) is 0 Å². The smallest absolute Gasteiger partial charge is 0.261 e. The lowest BCUT2D eigenvalue weighted by molar-refractivity contribution is -0.123. The van der Waals surface area contributed by atoms with Crippen LogP contribution in [-0.4, -0.2) is 15.5 Å². The van der Waals surface area contributed by atoms with Crippen molar-refractivity contribution < 1.29 is 4.79 Å². The number of benzene rings is 1. The van der Waals surface area contributed by atoms with Gasteiger partial charge in [0.1, 0.15) is 12.4 Å². The Hall–Kier alpha value is -2.17. The Morgan fingerprint density at radius 2 is 2.10 bits per heavy atom. The van der Waals surface area contributed by atoms with Gasteiger partial charge < -0.3 is 5.32 Å². The molecule has 20 heavy (non-hydrogen) atoms. The molecule has 1 aromatic carbocycles. The second-order valence-corrected chi connectivity index (χ2v) is 5.63. The summed E-state index contributed by atoms with van der Waals surface area (Å²) in [5, 5.41) is 3.50. The normalized spacial score (nSPS) is 18.1. The molecule has 1 aromatic heterocycles. The second-order valence-electron chi connectivity index (χ2n) is 5.63. The molecule has 0 bridgehead atoms. The fourth-order valence-corrected chi connectivity index (χ4v) is 2.69. The van der Waals surface area contributed by atoms with E-state index in [4.69, 9.17) is 0 Å². The van der Waals surface area contributed by atoms with Gasteiger partial charge in [0, 0.05) is 0 Å². The Labute approximate surface area is 116 Å². The molecule has 2 heterocycles. The standard InChI is InChI=1S/C15H17N3O2/c1-9(2)7-12-14-17-11-6-4-3-5-10(11)15(20)18(14)8-13(19)16-12/h3-6,9,12H,7-8H2,1-2H3,(H,16,19)/t12-/m0/s1. The molecule has 0 saturated heterocycles. The van der Waals surface area contributed by atoms with Gasteiger partial charge in [-0.25, -0.2) is 4.98 Å². The van der Waals surface area contributed by atoms with Crippen molar-refractivity contribution in [2.45, 2.75) is 32.9 Å². The van der Waals surface area contributed by atoms with Crippen molar-refractivity contribution in [3.63, 3.8) is 0 Å². The first-order valence-corrected chi connectivity index (χ1v) is 6.85. The quantitative estimate of drug-likeness (QED) is 0.902. The minimum atomic E-state index is -0.187. The molecular formula is C15H17N3O2. The van der Waals surface area contributed by atoms with Crippen LogP contribution in [0.3, 0.4) is 0 Å². The number of aromatic nitrogens is 2. The topological polar surface area (TPSA) is 64.0 Å². The summed E-state index contributed by atoms with van der Waals surface area (Å²) in [7, 11) is 0. The molecular weight excluding hydrogens is 254 g/mol. The van der Waals surface area contributed by atoms with E-state index in [-0.39, 0.29) is 24.1 Å². The van der Waals surface area contributed by atoms with Crippen LogP contribution >= 0.6 is 0 Å². The summed E-state index contributed by atoms with van der Waals surface area (Å²) in [5.74, 6) is 0.958. The minimum Gasteiger partial charge on any atom is -0.345 e. The van der Waals surface area contributed by atoms with Gasteiger partial charge in [0.2, 0.25) is 5.91 Å². The maximum Gasteiger partial charge on any atom is 0.261 e. The van der Waals surface area contributed by atoms with Gasteiger partial charge in [-0.05, 0) is 24.5 Å². The summed E-state index contributed by atoms with van der Waals surface area (Å²) >= 11 is 0. The van der Waals surface area contributed by atoms with Crippen molar-refractivity contribution in [1.82, 2.24) is 14.9 Å². The molecule has 104 valence electrons. The number of rotatable bonds is 2. The van der Waals surface area contributed by atoms with Crippen LogP contribution in [0.1, 0.15) is 32.1 Å². The first kappa shape index (κ1) is 12.8. The van der Waals surface area contributed by atoms with Gasteiger partial charge in [-0.3, -0.25) is 14.2 Å². The summed E-state index contributed by atoms with van der Waals surface area (Å²) in [6, 6.07) is 7.08. The third kappa shape index (κ3) is 2.09. The minimum absolute atomic E-state index is 0.0561. The Balaban J connectivity index is 2.22. The highest BCUT2D eigenvalue weighted by molar-refractivity contribution is 5.80. The molecule has 0 fully saturated rings. The van der Waals surface area contributed by atoms with Crippen LogP contribution in [-0.2, 0) is 11.3 Å². The Kier molecular flexibility index (Phi) is 3.04. The van der Waals surface area contributed by atoms with Crippen molar-refractivity contribution in [3.8, 4) is 0 Å². The van der Waals surface area contributed by atoms with Crippen molar-refractivity contribution in [3.05, 3.63) is 40.4 Å². The molecule has 3 rings (SSSR count). The Bertz CT molecular complexity index is 733. The molecule has 1 atom stereocenters. The molecule has 1 aliphatic rings. The molecule has 0 radical (unpaired) electrons. The predicted molar refractivity (Wildman–Crippen MR) is 76.3 cm³/mol. The van der Waals surface area contributed by atoms with Crippen molar-refractivity contribution in [2.24, 2.45) is 5.92 Å². The zero-order chi connectivity index (χ0) is 14.3. The second kappa shape index (κ2) is 4.74. The monoisotopic (exact) mass is 271 g/mol. The number of para-hydroxylation sites is 1. The highest BCUT2D eigenvalue weighted by atomic mass is 16.2. The third-order valence-electron chi connectivity index (χ3n) is 3.55. The molecule has 0 unspecified atom stereocenters. The van der Waals surface area contributed by atoms with Crippen LogP contribution in [0.2, 0.25) is 0 Å². The van der Waals surface area contributed by atoms with Crippen molar-refractivity contribution in [2.75, 3.05) is 0 Å². The zero-order valence-corrected chi connectivity index (χ0v) is 11.6. The van der Waals surface area contributed by atoms with Crippen LogP contribution < -0.4 is 10.9 Å². The summed E-state index contributed by atoms with van der Waals surface area (Å²) in [6.45, 7) is 4.23. The molecule has 5 heteroatoms. The number of fused-ring (bicyclic) bond motifs is 2. The Morgan fingerprint density at radius 1 is 1.35 bits per heavy atom. The first-order chi connectivity index (χ1) is 9.56. The van der Waals surface area contributed by atoms with Gasteiger partial charge in [-0.15, -0.1) is 0 Å². The van der Waals surface area contributed by atoms with Gasteiger partial charge in [-0.1, -0.05) is 26.0 Å². The van der Waals surface area contributed by atoms with Crippen LogP contribution in [0.4, 0.5) is 0 Å². The Morgan fingerprint density at radius 3 is 2.85 bits per heavy atom. The van der Waals surface area contributed by atoms with Crippen LogP contribution in [0.25, 0.3) is 10.9 Å². The summed E-state index contributed by atoms with van der Waals surface area (Å²) in [4.78, 5) is 28.9. The molecule has 0 spiro atoms. The lowest BCUT2D eigenvalue weighted by Crippen LogP contribution is -2.44. The van der Waals surface area contributed by atoms with E-state index < -0.39 is 0 Å². The number of carbonyl (C=O) groups is 1. The largest absolute Gasteiger partial charge is 0.345 e. The summed E-state index contributed by atoms with van der Waals surface area (Å²) < 4.78 is 1.51. The number of nitrogens with one attached hydrogen (secondary N) is 1. The molecule has 1 aliphatic heterocycles. The van der Waals surface area contributed by atoms with E-state index in [1.165, 1.54) is 4.57 Å². The van der Waals surface area contributed by atoms with Gasteiger partial charge in [0.15, 0.2) is 0 Å². The van der Waals surface area contributed by atoms with Gasteiger partial charge in [0.25, 0.3) is 5.56 Å². The maximum absolute atomic E-state index is 12.5. The van der Waals surface area contributed by atoms with Crippen molar-refractivity contribution >= 4 is 16.8 Å². The molecule has 1 amide bonds. The third-order valence-corrected chi connectivity index (χ3v) is 3.55. The number of nitrogens with zero attached hydrogens (tertiary/aromatic N) is 2. The van der Waals surface area contributed by atoms with Crippen LogP contribution in [0, 0.1) is 5.92 Å². The van der Waals surface area contributed by atoms with E-state index >= 15 is 0 Å². The fourth-order valence-electron chi connectivity index (χ4n) is 2.69. The number of hydrogen-bond acceptors (Lipinski definition) is 3. The zero-order valence-electron chi connectivity index (χ0n) is 11.6. The SMILES string of the molecule is CC(C)C[C@@H]1NC(=O)Cn2c1nc1ccccc1c2=O. The van der Waals surface area contributed by atoms with E-state index in [0.29, 0.717) is 22.6 Å². The number of carbonyl (C=O) groups excluding carboxylic acids is 1. The predicted octanol–water partition coefficient (Wildman–Crippen LogP) is 1.61. The van der Waals surface area contributed by atoms with Crippen LogP contribution in [0.5, 0.6) is 0 Å². The summed E-state index contributed by atoms with van der Waals surface area (Å²) in [6.07, 6.45) is 0.774. The maximum atomic E-state index is 12.5. The molecule has 2 aromatic rings. The molecule has 1 N–H and O–H groups in total. The van der Waals surface area contributed by atoms with E-state index in [9.17, 15) is 9.59 Å². The van der Waals surface area contributed by atoms with Crippen molar-refractivity contribution in [1.29, 1.82) is 0 Å². The lowest BCUT2D eigenvalue weighted by Gasteiger charge is -2.28. The van der Waals surface area contributed by atoms with E-state index in [1.54, 1.807) is 6.07 Å². The van der Waals surface area contributed by atoms with E-state index in [1.807, 2.05) is 18.2 Å². The molecule has 0 aliphatic carbocycles. The number of hydrogen-bond donors (Lipinski definition) is 1. The lowest BCUT2D eigenvalue weighted by atomic mass is 10.0. The average molecular weight is 271 g/mol. The fraction of sp³-hybridized carbons (Fsp3) is 0.400. The first-order valence-electron chi connectivity index (χ1n) is 6.85. The molecule has 0 saturated carbocycles. The van der Waals surface area contributed by atoms with E-state index in [0.717, 1.165) is 6.42 Å². The van der Waals surface area contributed by atoms with E-state index in [2.05, 4.69) is 24.1 Å². The number of amides is 1. The van der Waals surface area contributed by atoms with Gasteiger partial charge in [0.05, 0.1) is 16.9 Å². The van der Waals surface area contributed by atoms with Gasteiger partial charge >= 0.3 is 0 Å². The highest BCUT2D eigenvalue weighted by Gasteiger charge is 2.28. The average Bonchev–Trinajstić information content (AvgIpc) is 2.40.